The standard InChI is InChI=1S/C14H21N5O2/c1-5-21-14(20)11-12(13-15-7-9-18(13)4)19(17-16-11)8-6-10(2)3/h7,9-10H,5-6,8H2,1-4H3. The lowest BCUT2D eigenvalue weighted by atomic mass is 10.1. The van der Waals surface area contributed by atoms with Gasteiger partial charge in [-0.25, -0.2) is 14.5 Å². The van der Waals surface area contributed by atoms with Gasteiger partial charge in [0.15, 0.2) is 5.82 Å². The molecule has 0 spiro atoms. The minimum atomic E-state index is -0.466. The second-order valence-electron chi connectivity index (χ2n) is 5.27. The van der Waals surface area contributed by atoms with Crippen molar-refractivity contribution in [3.05, 3.63) is 18.1 Å². The predicted molar refractivity (Wildman–Crippen MR) is 77.6 cm³/mol. The van der Waals surface area contributed by atoms with Crippen LogP contribution in [0.5, 0.6) is 0 Å². The molecule has 2 rings (SSSR count). The highest BCUT2D eigenvalue weighted by Crippen LogP contribution is 2.21. The molecule has 7 nitrogen and oxygen atoms in total. The van der Waals surface area contributed by atoms with Crippen LogP contribution in [0.1, 0.15) is 37.7 Å². The quantitative estimate of drug-likeness (QED) is 0.760. The largest absolute Gasteiger partial charge is 0.461 e. The fourth-order valence-corrected chi connectivity index (χ4v) is 2.00. The SMILES string of the molecule is CCOC(=O)c1nnn(CCC(C)C)c1-c1nccn1C. The number of carbonyl (C=O) groups excluding carboxylic acids is 1. The van der Waals surface area contributed by atoms with E-state index >= 15 is 0 Å². The Morgan fingerprint density at radius 1 is 1.43 bits per heavy atom. The van der Waals surface area contributed by atoms with E-state index in [-0.39, 0.29) is 5.69 Å². The molecule has 0 N–H and O–H groups in total. The zero-order valence-electron chi connectivity index (χ0n) is 12.9. The van der Waals surface area contributed by atoms with Gasteiger partial charge in [-0.1, -0.05) is 19.1 Å². The fraction of sp³-hybridized carbons (Fsp3) is 0.571. The van der Waals surface area contributed by atoms with Crippen molar-refractivity contribution in [1.29, 1.82) is 0 Å². The van der Waals surface area contributed by atoms with Crippen molar-refractivity contribution >= 4 is 5.97 Å². The Morgan fingerprint density at radius 2 is 2.19 bits per heavy atom. The zero-order chi connectivity index (χ0) is 15.4. The number of rotatable bonds is 6. The number of nitrogens with zero attached hydrogens (tertiary/aromatic N) is 5. The number of aryl methyl sites for hydroxylation is 2. The molecule has 0 aliphatic carbocycles. The number of imidazole rings is 1. The normalized spacial score (nSPS) is 11.1. The molecule has 0 amide bonds. The van der Waals surface area contributed by atoms with Gasteiger partial charge in [-0.05, 0) is 19.3 Å². The van der Waals surface area contributed by atoms with Crippen LogP contribution in [-0.2, 0) is 18.3 Å². The number of carbonyl (C=O) groups is 1. The average molecular weight is 291 g/mol. The number of ether oxygens (including phenoxy) is 1. The van der Waals surface area contributed by atoms with Gasteiger partial charge in [0.05, 0.1) is 6.61 Å². The van der Waals surface area contributed by atoms with Crippen molar-refractivity contribution in [3.8, 4) is 11.5 Å². The van der Waals surface area contributed by atoms with Crippen molar-refractivity contribution in [2.45, 2.75) is 33.7 Å². The Bertz CT molecular complexity index is 615. The Kier molecular flexibility index (Phi) is 4.72. The van der Waals surface area contributed by atoms with Crippen molar-refractivity contribution in [3.63, 3.8) is 0 Å². The minimum absolute atomic E-state index is 0.218. The molecule has 0 bridgehead atoms. The van der Waals surface area contributed by atoms with Crippen LogP contribution in [-0.4, -0.2) is 37.1 Å². The number of hydrogen-bond donors (Lipinski definition) is 0. The highest BCUT2D eigenvalue weighted by atomic mass is 16.5. The van der Waals surface area contributed by atoms with Crippen LogP contribution >= 0.6 is 0 Å². The number of hydrogen-bond acceptors (Lipinski definition) is 5. The summed E-state index contributed by atoms with van der Waals surface area (Å²) < 4.78 is 8.62. The van der Waals surface area contributed by atoms with Crippen LogP contribution in [0.4, 0.5) is 0 Å². The molecule has 2 aromatic heterocycles. The molecule has 2 heterocycles. The minimum Gasteiger partial charge on any atom is -0.461 e. The molecule has 0 atom stereocenters. The highest BCUT2D eigenvalue weighted by Gasteiger charge is 2.24. The van der Waals surface area contributed by atoms with Crippen molar-refractivity contribution < 1.29 is 9.53 Å². The first-order valence-electron chi connectivity index (χ1n) is 7.12. The third kappa shape index (κ3) is 3.29. The molecule has 0 fully saturated rings. The first-order valence-corrected chi connectivity index (χ1v) is 7.12. The van der Waals surface area contributed by atoms with Crippen LogP contribution in [0.2, 0.25) is 0 Å². The Hall–Kier alpha value is -2.18. The lowest BCUT2D eigenvalue weighted by Crippen LogP contribution is -2.11. The molecule has 0 aromatic carbocycles. The molecule has 0 aliphatic heterocycles. The zero-order valence-corrected chi connectivity index (χ0v) is 12.9. The maximum Gasteiger partial charge on any atom is 0.361 e. The number of esters is 1. The van der Waals surface area contributed by atoms with Gasteiger partial charge in [0.2, 0.25) is 5.69 Å². The summed E-state index contributed by atoms with van der Waals surface area (Å²) in [5.41, 5.74) is 0.830. The third-order valence-corrected chi connectivity index (χ3v) is 3.16. The van der Waals surface area contributed by atoms with Gasteiger partial charge in [-0.3, -0.25) is 0 Å². The van der Waals surface area contributed by atoms with Crippen molar-refractivity contribution in [2.24, 2.45) is 13.0 Å². The van der Waals surface area contributed by atoms with Crippen LogP contribution in [0.3, 0.4) is 0 Å². The molecule has 0 saturated carbocycles. The Labute approximate surface area is 123 Å². The molecule has 2 aromatic rings. The lowest BCUT2D eigenvalue weighted by Gasteiger charge is -2.09. The fourth-order valence-electron chi connectivity index (χ4n) is 2.00. The van der Waals surface area contributed by atoms with Gasteiger partial charge in [0.1, 0.15) is 5.69 Å². The summed E-state index contributed by atoms with van der Waals surface area (Å²) >= 11 is 0. The van der Waals surface area contributed by atoms with Gasteiger partial charge in [0, 0.05) is 26.0 Å². The van der Waals surface area contributed by atoms with Gasteiger partial charge in [-0.15, -0.1) is 5.10 Å². The smallest absolute Gasteiger partial charge is 0.361 e. The molecule has 0 radical (unpaired) electrons. The topological polar surface area (TPSA) is 74.8 Å². The van der Waals surface area contributed by atoms with Gasteiger partial charge in [0.25, 0.3) is 0 Å². The second-order valence-corrected chi connectivity index (χ2v) is 5.27. The van der Waals surface area contributed by atoms with E-state index in [1.165, 1.54) is 0 Å². The van der Waals surface area contributed by atoms with Crippen LogP contribution in [0.15, 0.2) is 12.4 Å². The van der Waals surface area contributed by atoms with E-state index in [0.717, 1.165) is 6.42 Å². The summed E-state index contributed by atoms with van der Waals surface area (Å²) in [6, 6.07) is 0. The first-order chi connectivity index (χ1) is 10.0. The summed E-state index contributed by atoms with van der Waals surface area (Å²) in [6.45, 7) is 7.04. The summed E-state index contributed by atoms with van der Waals surface area (Å²) in [5.74, 6) is 0.729. The summed E-state index contributed by atoms with van der Waals surface area (Å²) in [4.78, 5) is 16.4. The molecule has 0 saturated heterocycles. The van der Waals surface area contributed by atoms with E-state index in [1.54, 1.807) is 17.8 Å². The summed E-state index contributed by atoms with van der Waals surface area (Å²) in [6.07, 6.45) is 4.46. The van der Waals surface area contributed by atoms with Gasteiger partial charge >= 0.3 is 5.97 Å². The Balaban J connectivity index is 2.43. The maximum atomic E-state index is 12.0. The van der Waals surface area contributed by atoms with Crippen LogP contribution < -0.4 is 0 Å². The van der Waals surface area contributed by atoms with Gasteiger partial charge in [-0.2, -0.15) is 0 Å². The van der Waals surface area contributed by atoms with E-state index in [4.69, 9.17) is 4.74 Å². The molecule has 21 heavy (non-hydrogen) atoms. The average Bonchev–Trinajstić information content (AvgIpc) is 3.02. The first kappa shape index (κ1) is 15.2. The van der Waals surface area contributed by atoms with Crippen LogP contribution in [0.25, 0.3) is 11.5 Å². The predicted octanol–water partition coefficient (Wildman–Crippen LogP) is 1.90. The van der Waals surface area contributed by atoms with Crippen LogP contribution in [0, 0.1) is 5.92 Å². The van der Waals surface area contributed by atoms with Crippen molar-refractivity contribution in [2.75, 3.05) is 6.61 Å². The van der Waals surface area contributed by atoms with E-state index in [2.05, 4.69) is 29.1 Å². The summed E-state index contributed by atoms with van der Waals surface area (Å²) in [5, 5.41) is 8.10. The molecule has 7 heteroatoms. The van der Waals surface area contributed by atoms with E-state index in [0.29, 0.717) is 30.6 Å². The van der Waals surface area contributed by atoms with E-state index < -0.39 is 5.97 Å². The Morgan fingerprint density at radius 3 is 2.76 bits per heavy atom. The highest BCUT2D eigenvalue weighted by molar-refractivity contribution is 5.93. The molecule has 114 valence electrons. The maximum absolute atomic E-state index is 12.0. The third-order valence-electron chi connectivity index (χ3n) is 3.16. The second kappa shape index (κ2) is 6.51. The molecular formula is C14H21N5O2. The monoisotopic (exact) mass is 291 g/mol. The molecular weight excluding hydrogens is 270 g/mol. The van der Waals surface area contributed by atoms with E-state index in [9.17, 15) is 4.79 Å². The van der Waals surface area contributed by atoms with E-state index in [1.807, 2.05) is 17.8 Å². The molecule has 0 unspecified atom stereocenters. The lowest BCUT2D eigenvalue weighted by molar-refractivity contribution is 0.0520. The van der Waals surface area contributed by atoms with Crippen molar-refractivity contribution in [1.82, 2.24) is 24.5 Å². The summed E-state index contributed by atoms with van der Waals surface area (Å²) in [7, 11) is 1.87. The van der Waals surface area contributed by atoms with Gasteiger partial charge < -0.3 is 9.30 Å². The number of aromatic nitrogens is 5. The molecule has 0 aliphatic rings.